The Morgan fingerprint density at radius 1 is 1.07 bits per heavy atom. The number of rotatable bonds is 6. The van der Waals surface area contributed by atoms with Crippen LogP contribution in [0.25, 0.3) is 0 Å². The van der Waals surface area contributed by atoms with Crippen LogP contribution in [0.2, 0.25) is 0 Å². The number of hydrogen-bond donors (Lipinski definition) is 1. The van der Waals surface area contributed by atoms with E-state index in [4.69, 9.17) is 9.47 Å². The summed E-state index contributed by atoms with van der Waals surface area (Å²) in [7, 11) is 0. The lowest BCUT2D eigenvalue weighted by Gasteiger charge is -2.28. The van der Waals surface area contributed by atoms with Gasteiger partial charge in [-0.25, -0.2) is 0 Å². The van der Waals surface area contributed by atoms with Crippen LogP contribution >= 0.6 is 0 Å². The van der Waals surface area contributed by atoms with Crippen molar-refractivity contribution in [2.24, 2.45) is 0 Å². The number of anilines is 2. The Labute approximate surface area is 159 Å². The van der Waals surface area contributed by atoms with Crippen molar-refractivity contribution in [1.29, 1.82) is 0 Å². The van der Waals surface area contributed by atoms with Gasteiger partial charge >= 0.3 is 5.97 Å². The van der Waals surface area contributed by atoms with Gasteiger partial charge < -0.3 is 19.7 Å². The Morgan fingerprint density at radius 2 is 1.74 bits per heavy atom. The van der Waals surface area contributed by atoms with E-state index in [1.54, 1.807) is 6.92 Å². The third-order valence-corrected chi connectivity index (χ3v) is 4.38. The summed E-state index contributed by atoms with van der Waals surface area (Å²) in [5.41, 5.74) is 2.62. The van der Waals surface area contributed by atoms with Crippen LogP contribution in [0.15, 0.2) is 54.6 Å². The van der Waals surface area contributed by atoms with E-state index in [2.05, 4.69) is 10.2 Å². The minimum Gasteiger partial charge on any atom is -0.452 e. The Hall–Kier alpha value is -2.86. The van der Waals surface area contributed by atoms with Crippen LogP contribution in [0.5, 0.6) is 0 Å². The molecule has 1 atom stereocenters. The maximum Gasteiger partial charge on any atom is 0.311 e. The highest BCUT2D eigenvalue weighted by molar-refractivity contribution is 5.95. The van der Waals surface area contributed by atoms with Crippen molar-refractivity contribution in [1.82, 2.24) is 0 Å². The van der Waals surface area contributed by atoms with Gasteiger partial charge in [-0.15, -0.1) is 0 Å². The Bertz CT molecular complexity index is 756. The fourth-order valence-electron chi connectivity index (χ4n) is 2.88. The minimum absolute atomic E-state index is 0.146. The van der Waals surface area contributed by atoms with E-state index in [0.717, 1.165) is 37.6 Å². The molecule has 0 spiro atoms. The zero-order valence-corrected chi connectivity index (χ0v) is 15.4. The highest BCUT2D eigenvalue weighted by Gasteiger charge is 2.18. The summed E-state index contributed by atoms with van der Waals surface area (Å²) in [5.74, 6) is -0.776. The van der Waals surface area contributed by atoms with E-state index in [0.29, 0.717) is 5.69 Å². The zero-order valence-electron chi connectivity index (χ0n) is 15.4. The third-order valence-electron chi connectivity index (χ3n) is 4.38. The van der Waals surface area contributed by atoms with Crippen molar-refractivity contribution in [3.63, 3.8) is 0 Å². The number of carbonyl (C=O) groups is 2. The molecule has 27 heavy (non-hydrogen) atoms. The molecule has 0 unspecified atom stereocenters. The summed E-state index contributed by atoms with van der Waals surface area (Å²) in [4.78, 5) is 26.5. The largest absolute Gasteiger partial charge is 0.452 e. The molecule has 0 bridgehead atoms. The molecule has 142 valence electrons. The van der Waals surface area contributed by atoms with Crippen LogP contribution in [0.4, 0.5) is 11.4 Å². The van der Waals surface area contributed by atoms with E-state index in [1.807, 2.05) is 54.6 Å². The average Bonchev–Trinajstić information content (AvgIpc) is 2.70. The zero-order chi connectivity index (χ0) is 19.1. The molecule has 0 saturated carbocycles. The maximum absolute atomic E-state index is 12.3. The SMILES string of the molecule is C[C@H](OC(=O)Cc1ccccc1)C(=O)Nc1ccc(N2CCOCC2)cc1. The number of benzene rings is 2. The summed E-state index contributed by atoms with van der Waals surface area (Å²) in [6, 6.07) is 16.9. The second-order valence-corrected chi connectivity index (χ2v) is 6.43. The second kappa shape index (κ2) is 9.19. The van der Waals surface area contributed by atoms with Crippen LogP contribution in [0, 0.1) is 0 Å². The normalized spacial score (nSPS) is 15.1. The van der Waals surface area contributed by atoms with Crippen LogP contribution in [-0.2, 0) is 25.5 Å². The van der Waals surface area contributed by atoms with E-state index in [-0.39, 0.29) is 12.3 Å². The van der Waals surface area contributed by atoms with E-state index < -0.39 is 12.1 Å². The smallest absolute Gasteiger partial charge is 0.311 e. The van der Waals surface area contributed by atoms with Crippen LogP contribution in [0.1, 0.15) is 12.5 Å². The molecule has 6 heteroatoms. The molecule has 3 rings (SSSR count). The van der Waals surface area contributed by atoms with Gasteiger partial charge in [0.2, 0.25) is 0 Å². The molecule has 1 aliphatic rings. The van der Waals surface area contributed by atoms with Crippen molar-refractivity contribution in [2.75, 3.05) is 36.5 Å². The van der Waals surface area contributed by atoms with Crippen molar-refractivity contribution in [3.8, 4) is 0 Å². The maximum atomic E-state index is 12.3. The molecule has 1 N–H and O–H groups in total. The van der Waals surface area contributed by atoms with Gasteiger partial charge in [-0.05, 0) is 36.8 Å². The average molecular weight is 368 g/mol. The van der Waals surface area contributed by atoms with Gasteiger partial charge in [-0.1, -0.05) is 30.3 Å². The molecule has 0 radical (unpaired) electrons. The van der Waals surface area contributed by atoms with Crippen molar-refractivity contribution >= 4 is 23.3 Å². The number of nitrogens with zero attached hydrogens (tertiary/aromatic N) is 1. The Balaban J connectivity index is 1.49. The predicted octanol–water partition coefficient (Wildman–Crippen LogP) is 2.64. The highest BCUT2D eigenvalue weighted by Crippen LogP contribution is 2.19. The first-order valence-corrected chi connectivity index (χ1v) is 9.09. The fourth-order valence-corrected chi connectivity index (χ4v) is 2.88. The number of morpholine rings is 1. The quantitative estimate of drug-likeness (QED) is 0.794. The van der Waals surface area contributed by atoms with Crippen LogP contribution in [-0.4, -0.2) is 44.3 Å². The van der Waals surface area contributed by atoms with Gasteiger partial charge in [-0.3, -0.25) is 9.59 Å². The topological polar surface area (TPSA) is 67.9 Å². The molecule has 1 aliphatic heterocycles. The molecule has 1 amide bonds. The monoisotopic (exact) mass is 368 g/mol. The first-order valence-electron chi connectivity index (χ1n) is 9.09. The van der Waals surface area contributed by atoms with E-state index in [1.165, 1.54) is 0 Å². The van der Waals surface area contributed by atoms with Crippen molar-refractivity contribution in [2.45, 2.75) is 19.4 Å². The Kier molecular flexibility index (Phi) is 6.44. The fraction of sp³-hybridized carbons (Fsp3) is 0.333. The predicted molar refractivity (Wildman–Crippen MR) is 104 cm³/mol. The molecule has 0 aromatic heterocycles. The van der Waals surface area contributed by atoms with Gasteiger partial charge in [-0.2, -0.15) is 0 Å². The van der Waals surface area contributed by atoms with Gasteiger partial charge in [0.25, 0.3) is 5.91 Å². The first kappa shape index (κ1) is 18.9. The summed E-state index contributed by atoms with van der Waals surface area (Å²) >= 11 is 0. The molecule has 0 aliphatic carbocycles. The molecular formula is C21H24N2O4. The van der Waals surface area contributed by atoms with E-state index >= 15 is 0 Å². The second-order valence-electron chi connectivity index (χ2n) is 6.43. The number of amides is 1. The number of esters is 1. The lowest BCUT2D eigenvalue weighted by Crippen LogP contribution is -2.36. The number of hydrogen-bond acceptors (Lipinski definition) is 5. The lowest BCUT2D eigenvalue weighted by atomic mass is 10.1. The summed E-state index contributed by atoms with van der Waals surface area (Å²) in [6.45, 7) is 4.75. The third kappa shape index (κ3) is 5.56. The number of carbonyl (C=O) groups excluding carboxylic acids is 2. The van der Waals surface area contributed by atoms with Crippen molar-refractivity contribution < 1.29 is 19.1 Å². The number of ether oxygens (including phenoxy) is 2. The molecule has 6 nitrogen and oxygen atoms in total. The van der Waals surface area contributed by atoms with Crippen LogP contribution in [0.3, 0.4) is 0 Å². The van der Waals surface area contributed by atoms with E-state index in [9.17, 15) is 9.59 Å². The number of nitrogens with one attached hydrogen (secondary N) is 1. The molecule has 1 heterocycles. The minimum atomic E-state index is -0.861. The molecule has 2 aromatic carbocycles. The standard InChI is InChI=1S/C21H24N2O4/c1-16(27-20(24)15-17-5-3-2-4-6-17)21(25)22-18-7-9-19(10-8-18)23-11-13-26-14-12-23/h2-10,16H,11-15H2,1H3,(H,22,25)/t16-/m0/s1. The van der Waals surface area contributed by atoms with Crippen molar-refractivity contribution in [3.05, 3.63) is 60.2 Å². The van der Waals surface area contributed by atoms with Crippen LogP contribution < -0.4 is 10.2 Å². The molecule has 2 aromatic rings. The van der Waals surface area contributed by atoms with Gasteiger partial charge in [0, 0.05) is 24.5 Å². The van der Waals surface area contributed by atoms with Gasteiger partial charge in [0.05, 0.1) is 19.6 Å². The van der Waals surface area contributed by atoms with Gasteiger partial charge in [0.15, 0.2) is 6.10 Å². The summed E-state index contributed by atoms with van der Waals surface area (Å²) in [6.07, 6.45) is -0.715. The summed E-state index contributed by atoms with van der Waals surface area (Å²) in [5, 5.41) is 2.78. The lowest BCUT2D eigenvalue weighted by molar-refractivity contribution is -0.152. The molecular weight excluding hydrogens is 344 g/mol. The first-order chi connectivity index (χ1) is 13.1. The molecule has 1 saturated heterocycles. The van der Waals surface area contributed by atoms with Gasteiger partial charge in [0.1, 0.15) is 0 Å². The summed E-state index contributed by atoms with van der Waals surface area (Å²) < 4.78 is 10.6. The highest BCUT2D eigenvalue weighted by atomic mass is 16.5. The molecule has 1 fully saturated rings. The Morgan fingerprint density at radius 3 is 2.41 bits per heavy atom.